The van der Waals surface area contributed by atoms with E-state index in [-0.39, 0.29) is 5.25 Å². The maximum absolute atomic E-state index is 12.6. The highest BCUT2D eigenvalue weighted by Gasteiger charge is 2.38. The first kappa shape index (κ1) is 24.8. The first-order chi connectivity index (χ1) is 18.4. The van der Waals surface area contributed by atoms with Gasteiger partial charge in [-0.15, -0.1) is 0 Å². The fraction of sp³-hybridized carbons (Fsp3) is 0.423. The molecule has 0 radical (unpaired) electrons. The predicted molar refractivity (Wildman–Crippen MR) is 143 cm³/mol. The smallest absolute Gasteiger partial charge is 0.256 e. The van der Waals surface area contributed by atoms with Crippen LogP contribution in [0.15, 0.2) is 65.4 Å². The van der Waals surface area contributed by atoms with Gasteiger partial charge in [-0.3, -0.25) is 0 Å². The molecule has 3 aliphatic rings. The Labute approximate surface area is 221 Å². The van der Waals surface area contributed by atoms with Gasteiger partial charge >= 0.3 is 0 Å². The molecule has 0 bridgehead atoms. The summed E-state index contributed by atoms with van der Waals surface area (Å²) in [6.07, 6.45) is 15.6. The van der Waals surface area contributed by atoms with Crippen LogP contribution in [-0.4, -0.2) is 52.0 Å². The highest BCUT2D eigenvalue weighted by Crippen LogP contribution is 2.33. The van der Waals surface area contributed by atoms with E-state index >= 15 is 0 Å². The molecule has 2 saturated carbocycles. The summed E-state index contributed by atoms with van der Waals surface area (Å²) in [5.74, 6) is 1.08. The Bertz CT molecular complexity index is 1470. The summed E-state index contributed by atoms with van der Waals surface area (Å²) < 4.78 is 31.9. The first-order valence-electron chi connectivity index (χ1n) is 13.0. The third-order valence-electron chi connectivity index (χ3n) is 7.50. The highest BCUT2D eigenvalue weighted by molar-refractivity contribution is 7.90. The summed E-state index contributed by atoms with van der Waals surface area (Å²) in [5, 5.41) is 14.1. The van der Waals surface area contributed by atoms with Crippen molar-refractivity contribution in [2.45, 2.75) is 61.5 Å². The van der Waals surface area contributed by atoms with Crippen LogP contribution in [0.3, 0.4) is 0 Å². The van der Waals surface area contributed by atoms with E-state index in [1.165, 1.54) is 12.4 Å². The summed E-state index contributed by atoms with van der Waals surface area (Å²) in [6, 6.07) is 6.38. The molecule has 1 atom stereocenters. The molecular weight excluding hydrogens is 504 g/mol. The van der Waals surface area contributed by atoms with Gasteiger partial charge < -0.3 is 26.1 Å². The van der Waals surface area contributed by atoms with Crippen molar-refractivity contribution in [3.63, 3.8) is 0 Å². The molecule has 1 aliphatic heterocycles. The quantitative estimate of drug-likeness (QED) is 0.336. The van der Waals surface area contributed by atoms with Crippen molar-refractivity contribution in [3.05, 3.63) is 72.5 Å². The van der Waals surface area contributed by atoms with Gasteiger partial charge in [-0.2, -0.15) is 9.19 Å². The molecule has 200 valence electrons. The second-order valence-corrected chi connectivity index (χ2v) is 12.3. The van der Waals surface area contributed by atoms with Crippen LogP contribution in [-0.2, 0) is 15.7 Å². The molecule has 2 aliphatic carbocycles. The lowest BCUT2D eigenvalue weighted by Crippen LogP contribution is -2.50. The Morgan fingerprint density at radius 1 is 1.16 bits per heavy atom. The molecule has 6 rings (SSSR count). The van der Waals surface area contributed by atoms with E-state index in [2.05, 4.69) is 26.0 Å². The molecule has 12 heteroatoms. The van der Waals surface area contributed by atoms with Gasteiger partial charge in [0.1, 0.15) is 5.76 Å². The van der Waals surface area contributed by atoms with Crippen molar-refractivity contribution >= 4 is 15.6 Å². The Hall–Kier alpha value is -3.48. The van der Waals surface area contributed by atoms with E-state index in [1.54, 1.807) is 18.5 Å². The molecule has 0 saturated heterocycles. The van der Waals surface area contributed by atoms with E-state index in [4.69, 9.17) is 15.1 Å². The van der Waals surface area contributed by atoms with E-state index in [0.717, 1.165) is 46.8 Å². The third-order valence-corrected chi connectivity index (χ3v) is 9.54. The molecule has 4 heterocycles. The third kappa shape index (κ3) is 4.74. The summed E-state index contributed by atoms with van der Waals surface area (Å²) in [6.45, 7) is 0. The van der Waals surface area contributed by atoms with Gasteiger partial charge in [-0.25, -0.2) is 18.4 Å². The number of nitrogens with zero attached hydrogens (tertiary/aromatic N) is 4. The molecule has 3 aromatic heterocycles. The second kappa shape index (κ2) is 9.68. The zero-order valence-electron chi connectivity index (χ0n) is 21.2. The molecular formula is C26H32N8O3S. The Morgan fingerprint density at radius 3 is 2.66 bits per heavy atom. The molecule has 3 aromatic rings. The normalized spacial score (nSPS) is 25.8. The van der Waals surface area contributed by atoms with Gasteiger partial charge in [0.05, 0.1) is 40.7 Å². The molecule has 11 nitrogen and oxygen atoms in total. The molecule has 38 heavy (non-hydrogen) atoms. The largest absolute Gasteiger partial charge is 0.464 e. The number of dihydropyridines is 1. The van der Waals surface area contributed by atoms with Crippen LogP contribution in [0.25, 0.3) is 17.0 Å². The van der Waals surface area contributed by atoms with Gasteiger partial charge in [0.15, 0.2) is 11.5 Å². The number of allylic oxidation sites excluding steroid dienone is 1. The second-order valence-electron chi connectivity index (χ2n) is 10.2. The van der Waals surface area contributed by atoms with Gasteiger partial charge in [0.25, 0.3) is 10.0 Å². The van der Waals surface area contributed by atoms with Gasteiger partial charge in [0, 0.05) is 30.2 Å². The van der Waals surface area contributed by atoms with Crippen LogP contribution >= 0.6 is 0 Å². The van der Waals surface area contributed by atoms with Crippen molar-refractivity contribution in [1.29, 1.82) is 0 Å². The van der Waals surface area contributed by atoms with Crippen LogP contribution in [0.2, 0.25) is 0 Å². The SMILES string of the molecule is CNC1CCC(NC2=CC(N)(c3ccnc(-c4cnn(S(=O)(=O)C5CC5)c4)n3)NC=C2c2ccco2)CC1. The fourth-order valence-electron chi connectivity index (χ4n) is 5.07. The standard InChI is InChI=1S/C26H32N8O3S/c1-28-18-4-6-19(7-5-18)32-22-13-26(27,30-15-21(22)23-3-2-12-37-23)24-10-11-29-25(33-24)17-14-31-34(16-17)38(35,36)20-8-9-20/h2-3,10-16,18-20,28,30,32H,4-9,27H2,1H3. The topological polar surface area (TPSA) is 153 Å². The number of nitrogens with one attached hydrogen (secondary N) is 3. The Balaban J connectivity index is 1.29. The minimum Gasteiger partial charge on any atom is -0.464 e. The molecule has 2 fully saturated rings. The molecule has 0 aromatic carbocycles. The summed E-state index contributed by atoms with van der Waals surface area (Å²) >= 11 is 0. The summed E-state index contributed by atoms with van der Waals surface area (Å²) in [7, 11) is -1.46. The highest BCUT2D eigenvalue weighted by atomic mass is 32.2. The van der Waals surface area contributed by atoms with Gasteiger partial charge in [0.2, 0.25) is 0 Å². The number of hydrogen-bond donors (Lipinski definition) is 4. The van der Waals surface area contributed by atoms with E-state index in [1.807, 2.05) is 31.5 Å². The van der Waals surface area contributed by atoms with Gasteiger partial charge in [-0.05, 0) is 69.8 Å². The van der Waals surface area contributed by atoms with Crippen molar-refractivity contribution in [2.75, 3.05) is 7.05 Å². The zero-order valence-corrected chi connectivity index (χ0v) is 22.0. The van der Waals surface area contributed by atoms with E-state index in [0.29, 0.717) is 42.0 Å². The van der Waals surface area contributed by atoms with Crippen LogP contribution < -0.4 is 21.7 Å². The number of aromatic nitrogens is 4. The van der Waals surface area contributed by atoms with Crippen molar-refractivity contribution in [1.82, 2.24) is 35.1 Å². The van der Waals surface area contributed by atoms with Crippen LogP contribution in [0, 0.1) is 0 Å². The molecule has 5 N–H and O–H groups in total. The molecule has 0 spiro atoms. The fourth-order valence-corrected chi connectivity index (χ4v) is 6.55. The monoisotopic (exact) mass is 536 g/mol. The lowest BCUT2D eigenvalue weighted by Gasteiger charge is -2.35. The minimum absolute atomic E-state index is 0.312. The Morgan fingerprint density at radius 2 is 1.95 bits per heavy atom. The van der Waals surface area contributed by atoms with Crippen molar-refractivity contribution in [3.8, 4) is 11.4 Å². The Kier molecular flexibility index (Phi) is 6.33. The van der Waals surface area contributed by atoms with Crippen LogP contribution in [0.5, 0.6) is 0 Å². The lowest BCUT2D eigenvalue weighted by molar-refractivity contribution is 0.331. The summed E-state index contributed by atoms with van der Waals surface area (Å²) in [4.78, 5) is 9.06. The van der Waals surface area contributed by atoms with Crippen molar-refractivity contribution in [2.24, 2.45) is 5.73 Å². The predicted octanol–water partition coefficient (Wildman–Crippen LogP) is 2.03. The average Bonchev–Trinajstić information content (AvgIpc) is 3.43. The van der Waals surface area contributed by atoms with Crippen LogP contribution in [0.4, 0.5) is 0 Å². The van der Waals surface area contributed by atoms with Gasteiger partial charge in [-0.1, -0.05) is 0 Å². The number of hydrogen-bond acceptors (Lipinski definition) is 10. The maximum Gasteiger partial charge on any atom is 0.256 e. The maximum atomic E-state index is 12.6. The lowest BCUT2D eigenvalue weighted by atomic mass is 9.90. The molecule has 0 amide bonds. The first-order valence-corrected chi connectivity index (χ1v) is 14.5. The van der Waals surface area contributed by atoms with E-state index in [9.17, 15) is 8.42 Å². The van der Waals surface area contributed by atoms with Crippen molar-refractivity contribution < 1.29 is 12.8 Å². The number of furan rings is 1. The number of nitrogens with two attached hydrogens (primary N) is 1. The van der Waals surface area contributed by atoms with Crippen LogP contribution in [0.1, 0.15) is 50.0 Å². The minimum atomic E-state index is -3.48. The average molecular weight is 537 g/mol. The van der Waals surface area contributed by atoms with E-state index < -0.39 is 15.7 Å². The number of rotatable bonds is 8. The molecule has 1 unspecified atom stereocenters. The summed E-state index contributed by atoms with van der Waals surface area (Å²) in [5.41, 5.74) is 8.55. The zero-order chi connectivity index (χ0) is 26.3.